The SMILES string of the molecule is C[C@@H]1[C@@H](C)CCC[C@@H](C2OCC(O)CO2)[C@@H]2CC[C@H]2CN2C[C@@]3(CCCc4cc(Cl)ccc43)COc3ccc(cc32)C(=O)NS1(=O)=O. The highest BCUT2D eigenvalue weighted by Crippen LogP contribution is 2.49. The average Bonchev–Trinajstić information content (AvgIpc) is 3.18. The number of hydrogen-bond donors (Lipinski definition) is 2. The van der Waals surface area contributed by atoms with Gasteiger partial charge >= 0.3 is 0 Å². The maximum absolute atomic E-state index is 13.5. The fraction of sp³-hybridized carbons (Fsp3) is 0.639. The maximum atomic E-state index is 13.5. The largest absolute Gasteiger partial charge is 0.490 e. The Bertz CT molecular complexity index is 1600. The minimum atomic E-state index is -3.92. The molecule has 5 aliphatic rings. The summed E-state index contributed by atoms with van der Waals surface area (Å²) in [6.45, 7) is 6.12. The van der Waals surface area contributed by atoms with Gasteiger partial charge in [0.1, 0.15) is 11.9 Å². The van der Waals surface area contributed by atoms with Gasteiger partial charge in [-0.15, -0.1) is 0 Å². The molecule has 3 aliphatic heterocycles. The molecule has 2 aromatic carbocycles. The second-order valence-corrected chi connectivity index (χ2v) is 17.2. The zero-order chi connectivity index (χ0) is 32.9. The van der Waals surface area contributed by atoms with Crippen molar-refractivity contribution in [2.24, 2.45) is 23.7 Å². The summed E-state index contributed by atoms with van der Waals surface area (Å²) in [5.74, 6) is 0.788. The van der Waals surface area contributed by atoms with Gasteiger partial charge in [-0.05, 0) is 111 Å². The molecule has 1 amide bonds. The van der Waals surface area contributed by atoms with Crippen LogP contribution < -0.4 is 14.4 Å². The third-order valence-electron chi connectivity index (χ3n) is 11.8. The van der Waals surface area contributed by atoms with E-state index in [1.54, 1.807) is 13.0 Å². The minimum absolute atomic E-state index is 0.133. The van der Waals surface area contributed by atoms with Crippen LogP contribution >= 0.6 is 11.6 Å². The van der Waals surface area contributed by atoms with E-state index in [0.29, 0.717) is 42.7 Å². The molecule has 1 saturated carbocycles. The Labute approximate surface area is 283 Å². The molecular formula is C36H47ClN2O7S. The Kier molecular flexibility index (Phi) is 9.28. The molecule has 47 heavy (non-hydrogen) atoms. The number of nitrogens with one attached hydrogen (secondary N) is 1. The van der Waals surface area contributed by atoms with Crippen molar-refractivity contribution in [3.63, 3.8) is 0 Å². The monoisotopic (exact) mass is 686 g/mol. The van der Waals surface area contributed by atoms with Gasteiger partial charge in [0.15, 0.2) is 6.29 Å². The predicted molar refractivity (Wildman–Crippen MR) is 180 cm³/mol. The van der Waals surface area contributed by atoms with Crippen LogP contribution in [0.5, 0.6) is 5.75 Å². The van der Waals surface area contributed by atoms with E-state index in [9.17, 15) is 18.3 Å². The quantitative estimate of drug-likeness (QED) is 0.407. The zero-order valence-corrected chi connectivity index (χ0v) is 28.9. The number of carbonyl (C=O) groups excluding carboxylic acids is 1. The van der Waals surface area contributed by atoms with Crippen LogP contribution in [0.4, 0.5) is 5.69 Å². The van der Waals surface area contributed by atoms with E-state index in [1.165, 1.54) is 11.1 Å². The molecular weight excluding hydrogens is 640 g/mol. The molecule has 2 N–H and O–H groups in total. The lowest BCUT2D eigenvalue weighted by molar-refractivity contribution is -0.252. The molecule has 3 heterocycles. The Hall–Kier alpha value is -2.37. The lowest BCUT2D eigenvalue weighted by Crippen LogP contribution is -2.51. The van der Waals surface area contributed by atoms with E-state index in [2.05, 4.69) is 21.8 Å². The molecule has 256 valence electrons. The summed E-state index contributed by atoms with van der Waals surface area (Å²) < 4.78 is 48.0. The van der Waals surface area contributed by atoms with Gasteiger partial charge in [-0.25, -0.2) is 13.1 Å². The summed E-state index contributed by atoms with van der Waals surface area (Å²) >= 11 is 6.44. The molecule has 0 unspecified atom stereocenters. The number of aryl methyl sites for hydroxylation is 1. The van der Waals surface area contributed by atoms with Crippen molar-refractivity contribution < 1.29 is 32.5 Å². The van der Waals surface area contributed by atoms with E-state index in [-0.39, 0.29) is 30.5 Å². The van der Waals surface area contributed by atoms with E-state index in [4.69, 9.17) is 25.8 Å². The smallest absolute Gasteiger partial charge is 0.264 e. The van der Waals surface area contributed by atoms with Gasteiger partial charge in [0.25, 0.3) is 5.91 Å². The Morgan fingerprint density at radius 1 is 1.00 bits per heavy atom. The van der Waals surface area contributed by atoms with Crippen molar-refractivity contribution in [2.45, 2.75) is 88.3 Å². The fourth-order valence-electron chi connectivity index (χ4n) is 8.73. The van der Waals surface area contributed by atoms with Crippen LogP contribution in [0.15, 0.2) is 36.4 Å². The number of ether oxygens (including phenoxy) is 3. The summed E-state index contributed by atoms with van der Waals surface area (Å²) in [6, 6.07) is 11.5. The highest BCUT2D eigenvalue weighted by Gasteiger charge is 2.46. The minimum Gasteiger partial charge on any atom is -0.490 e. The number of rotatable bonds is 1. The van der Waals surface area contributed by atoms with Gasteiger partial charge in [0.2, 0.25) is 10.0 Å². The predicted octanol–water partition coefficient (Wildman–Crippen LogP) is 5.46. The van der Waals surface area contributed by atoms with Crippen LogP contribution in [0.25, 0.3) is 0 Å². The third kappa shape index (κ3) is 6.53. The lowest BCUT2D eigenvalue weighted by atomic mass is 9.64. The molecule has 6 atom stereocenters. The first-order valence-electron chi connectivity index (χ1n) is 17.3. The maximum Gasteiger partial charge on any atom is 0.264 e. The average molecular weight is 687 g/mol. The van der Waals surface area contributed by atoms with Crippen LogP contribution in [-0.2, 0) is 31.3 Å². The summed E-state index contributed by atoms with van der Waals surface area (Å²) in [5, 5.41) is 10.1. The molecule has 0 aromatic heterocycles. The topological polar surface area (TPSA) is 114 Å². The number of anilines is 1. The summed E-state index contributed by atoms with van der Waals surface area (Å²) in [5.41, 5.74) is 3.38. The van der Waals surface area contributed by atoms with Gasteiger partial charge < -0.3 is 24.2 Å². The van der Waals surface area contributed by atoms with Crippen molar-refractivity contribution in [3.8, 4) is 5.75 Å². The molecule has 2 aromatic rings. The van der Waals surface area contributed by atoms with Crippen LogP contribution in [0.2, 0.25) is 5.02 Å². The van der Waals surface area contributed by atoms with E-state index in [0.717, 1.165) is 62.2 Å². The number of aliphatic hydroxyl groups is 1. The molecule has 2 aliphatic carbocycles. The van der Waals surface area contributed by atoms with Crippen LogP contribution in [-0.4, -0.2) is 70.0 Å². The number of halogens is 1. The number of fused-ring (bicyclic) bond motifs is 4. The Morgan fingerprint density at radius 2 is 1.81 bits per heavy atom. The first-order chi connectivity index (χ1) is 22.5. The summed E-state index contributed by atoms with van der Waals surface area (Å²) in [7, 11) is -3.92. The van der Waals surface area contributed by atoms with Crippen molar-refractivity contribution in [1.82, 2.24) is 4.72 Å². The molecule has 11 heteroatoms. The standard InChI is InChI=1S/C36H47ClN2O7S/c1-22-5-3-7-30(35-44-18-28(40)19-45-35)29-11-8-26(29)17-39-20-36(14-4-6-24-15-27(37)10-12-31(24)36)21-46-33-13-9-25(16-32(33)39)34(41)38-47(42,43)23(22)2/h9-10,12-13,15-16,22-23,26,28-30,35,40H,3-8,11,14,17-21H2,1-2H3,(H,38,41)/t22-,23+,26-,28?,29+,30+,35?,36-/m0/s1. The number of amides is 1. The molecule has 0 radical (unpaired) electrons. The summed E-state index contributed by atoms with van der Waals surface area (Å²) in [6.07, 6.45) is 6.45. The highest BCUT2D eigenvalue weighted by molar-refractivity contribution is 7.90. The number of sulfonamides is 1. The number of aliphatic hydroxyl groups excluding tert-OH is 1. The number of carbonyl (C=O) groups is 1. The zero-order valence-electron chi connectivity index (χ0n) is 27.3. The van der Waals surface area contributed by atoms with Crippen molar-refractivity contribution >= 4 is 33.2 Å². The Morgan fingerprint density at radius 3 is 2.57 bits per heavy atom. The van der Waals surface area contributed by atoms with Gasteiger partial charge in [-0.2, -0.15) is 0 Å². The molecule has 7 rings (SSSR count). The van der Waals surface area contributed by atoms with Gasteiger partial charge in [0.05, 0.1) is 30.8 Å². The fourth-order valence-corrected chi connectivity index (χ4v) is 10.2. The van der Waals surface area contributed by atoms with E-state index < -0.39 is 33.6 Å². The molecule has 2 fully saturated rings. The highest BCUT2D eigenvalue weighted by atomic mass is 35.5. The molecule has 9 nitrogen and oxygen atoms in total. The van der Waals surface area contributed by atoms with Crippen molar-refractivity contribution in [1.29, 1.82) is 0 Å². The number of hydrogen-bond acceptors (Lipinski definition) is 8. The van der Waals surface area contributed by atoms with Crippen LogP contribution in [0.3, 0.4) is 0 Å². The van der Waals surface area contributed by atoms with Crippen molar-refractivity contribution in [2.75, 3.05) is 37.8 Å². The molecule has 1 spiro atoms. The van der Waals surface area contributed by atoms with Crippen LogP contribution in [0.1, 0.15) is 80.3 Å². The van der Waals surface area contributed by atoms with Crippen molar-refractivity contribution in [3.05, 3.63) is 58.1 Å². The lowest BCUT2D eigenvalue weighted by Gasteiger charge is -2.48. The first-order valence-corrected chi connectivity index (χ1v) is 19.2. The van der Waals surface area contributed by atoms with E-state index in [1.807, 2.05) is 25.1 Å². The number of nitrogens with zero attached hydrogens (tertiary/aromatic N) is 1. The second-order valence-electron chi connectivity index (χ2n) is 14.7. The summed E-state index contributed by atoms with van der Waals surface area (Å²) in [4.78, 5) is 15.9. The molecule has 2 bridgehead atoms. The normalized spacial score (nSPS) is 35.8. The second kappa shape index (κ2) is 13.2. The Balaban J connectivity index is 1.28. The van der Waals surface area contributed by atoms with Gasteiger partial charge in [-0.1, -0.05) is 31.0 Å². The van der Waals surface area contributed by atoms with Crippen LogP contribution in [0, 0.1) is 23.7 Å². The third-order valence-corrected chi connectivity index (χ3v) is 13.9. The first kappa shape index (κ1) is 33.1. The molecule has 1 saturated heterocycles. The van der Waals surface area contributed by atoms with Gasteiger partial charge in [0, 0.05) is 35.0 Å². The van der Waals surface area contributed by atoms with E-state index >= 15 is 0 Å². The number of benzene rings is 2. The van der Waals surface area contributed by atoms with Gasteiger partial charge in [-0.3, -0.25) is 4.79 Å².